The Hall–Kier alpha value is -3.70. The van der Waals surface area contributed by atoms with Crippen molar-refractivity contribution in [1.82, 2.24) is 25.1 Å². The maximum atomic E-state index is 13.1. The van der Waals surface area contributed by atoms with Crippen LogP contribution >= 0.6 is 11.3 Å². The van der Waals surface area contributed by atoms with Gasteiger partial charge in [-0.1, -0.05) is 17.4 Å². The van der Waals surface area contributed by atoms with Crippen LogP contribution in [0.5, 0.6) is 5.75 Å². The van der Waals surface area contributed by atoms with Gasteiger partial charge in [0.25, 0.3) is 5.91 Å². The van der Waals surface area contributed by atoms with Crippen molar-refractivity contribution < 1.29 is 26.7 Å². The van der Waals surface area contributed by atoms with Gasteiger partial charge < -0.3 is 10.1 Å². The molecule has 0 spiro atoms. The summed E-state index contributed by atoms with van der Waals surface area (Å²) in [7, 11) is -3.91. The van der Waals surface area contributed by atoms with Crippen molar-refractivity contribution in [2.75, 3.05) is 0 Å². The maximum absolute atomic E-state index is 13.1. The molecule has 0 unspecified atom stereocenters. The lowest BCUT2D eigenvalue weighted by Gasteiger charge is -2.15. The van der Waals surface area contributed by atoms with E-state index in [0.717, 1.165) is 42.4 Å². The average molecular weight is 533 g/mol. The van der Waals surface area contributed by atoms with Crippen LogP contribution in [0.25, 0.3) is 5.13 Å². The molecule has 2 aliphatic carbocycles. The summed E-state index contributed by atoms with van der Waals surface area (Å²) in [5.41, 5.74) is -0.172. The van der Waals surface area contributed by atoms with Crippen LogP contribution in [-0.4, -0.2) is 40.7 Å². The minimum absolute atomic E-state index is 0.150. The van der Waals surface area contributed by atoms with Crippen molar-refractivity contribution in [3.8, 4) is 17.0 Å². The number of thiazole rings is 1. The number of hydrogen-bond donors (Lipinski definition) is 1. The predicted octanol–water partition coefficient (Wildman–Crippen LogP) is 3.63. The number of amides is 1. The van der Waals surface area contributed by atoms with Gasteiger partial charge in [0.05, 0.1) is 17.1 Å². The van der Waals surface area contributed by atoms with Gasteiger partial charge in [0.1, 0.15) is 16.7 Å². The van der Waals surface area contributed by atoms with Crippen LogP contribution in [0.4, 0.5) is 8.78 Å². The van der Waals surface area contributed by atoms with Gasteiger partial charge in [-0.25, -0.2) is 18.4 Å². The Labute approximate surface area is 208 Å². The smallest absolute Gasteiger partial charge is 0.387 e. The average Bonchev–Trinajstić information content (AvgIpc) is 3.77. The standard InChI is InChI=1S/C22H18F2N6O4S2/c1-11(19-28-18(12-2-3-12)29-30(19)22-26-10-15(9-25)35-22)27-20(31)13-6-14(34-21(23)24)8-17(7-13)36(32,33)16-4-5-16/h4,6-8,10-12,21H,2-3,5H2,1H3,(H,27,31)/t11-/m0/s1. The van der Waals surface area contributed by atoms with Crippen LogP contribution in [0.3, 0.4) is 0 Å². The monoisotopic (exact) mass is 532 g/mol. The lowest BCUT2D eigenvalue weighted by atomic mass is 10.2. The van der Waals surface area contributed by atoms with Crippen LogP contribution in [-0.2, 0) is 9.84 Å². The fraction of sp³-hybridized carbons (Fsp3) is 0.318. The predicted molar refractivity (Wildman–Crippen MR) is 123 cm³/mol. The van der Waals surface area contributed by atoms with Crippen molar-refractivity contribution in [1.29, 1.82) is 5.26 Å². The Kier molecular flexibility index (Phi) is 6.05. The molecule has 10 nitrogen and oxygen atoms in total. The van der Waals surface area contributed by atoms with Gasteiger partial charge in [-0.15, -0.1) is 5.10 Å². The molecule has 0 radical (unpaired) electrons. The SMILES string of the molecule is C[C@H](NC(=O)c1cc(OC(F)F)cc(S(=O)(=O)C2=CC2)c1)c1nc(C2CC2)nn1-c1ncc(C#N)s1. The highest BCUT2D eigenvalue weighted by Crippen LogP contribution is 2.39. The molecule has 186 valence electrons. The number of nitrogens with zero attached hydrogens (tertiary/aromatic N) is 5. The fourth-order valence-corrected chi connectivity index (χ4v) is 5.53. The third-order valence-electron chi connectivity index (χ3n) is 5.50. The highest BCUT2D eigenvalue weighted by molar-refractivity contribution is 7.95. The van der Waals surface area contributed by atoms with Crippen LogP contribution < -0.4 is 10.1 Å². The zero-order valence-electron chi connectivity index (χ0n) is 18.7. The van der Waals surface area contributed by atoms with Gasteiger partial charge in [0.2, 0.25) is 15.0 Å². The number of hydrogen-bond acceptors (Lipinski definition) is 9. The first-order valence-corrected chi connectivity index (χ1v) is 13.1. The van der Waals surface area contributed by atoms with E-state index in [4.69, 9.17) is 5.26 Å². The summed E-state index contributed by atoms with van der Waals surface area (Å²) >= 11 is 1.12. The van der Waals surface area contributed by atoms with Crippen LogP contribution in [0.2, 0.25) is 0 Å². The van der Waals surface area contributed by atoms with Gasteiger partial charge in [0.15, 0.2) is 11.6 Å². The number of nitrogens with one attached hydrogen (secondary N) is 1. The summed E-state index contributed by atoms with van der Waals surface area (Å²) in [6, 6.07) is 4.43. The van der Waals surface area contributed by atoms with Gasteiger partial charge in [-0.2, -0.15) is 18.7 Å². The van der Waals surface area contributed by atoms with Crippen LogP contribution in [0, 0.1) is 11.3 Å². The molecule has 1 fully saturated rings. The lowest BCUT2D eigenvalue weighted by Crippen LogP contribution is -2.29. The van der Waals surface area contributed by atoms with Crippen molar-refractivity contribution in [2.24, 2.45) is 0 Å². The molecule has 1 aromatic carbocycles. The Morgan fingerprint density at radius 2 is 2.08 bits per heavy atom. The van der Waals surface area contributed by atoms with E-state index in [0.29, 0.717) is 21.7 Å². The van der Waals surface area contributed by atoms with Crippen molar-refractivity contribution in [3.05, 3.63) is 57.5 Å². The number of carbonyl (C=O) groups is 1. The highest BCUT2D eigenvalue weighted by Gasteiger charge is 2.32. The third-order valence-corrected chi connectivity index (χ3v) is 8.26. The first-order chi connectivity index (χ1) is 17.2. The number of aromatic nitrogens is 4. The molecule has 0 aliphatic heterocycles. The van der Waals surface area contributed by atoms with Crippen molar-refractivity contribution in [3.63, 3.8) is 0 Å². The van der Waals surface area contributed by atoms with Gasteiger partial charge >= 0.3 is 6.61 Å². The first-order valence-electron chi connectivity index (χ1n) is 10.8. The number of allylic oxidation sites excluding steroid dienone is 2. The minimum atomic E-state index is -3.91. The second kappa shape index (κ2) is 9.07. The Balaban J connectivity index is 1.45. The quantitative estimate of drug-likeness (QED) is 0.441. The van der Waals surface area contributed by atoms with E-state index >= 15 is 0 Å². The topological polar surface area (TPSA) is 140 Å². The molecule has 14 heteroatoms. The Morgan fingerprint density at radius 3 is 2.69 bits per heavy atom. The summed E-state index contributed by atoms with van der Waals surface area (Å²) in [5.74, 6) is -0.00629. The van der Waals surface area contributed by atoms with E-state index in [1.807, 2.05) is 6.07 Å². The van der Waals surface area contributed by atoms with Gasteiger partial charge in [-0.3, -0.25) is 4.79 Å². The van der Waals surface area contributed by atoms with Crippen molar-refractivity contribution in [2.45, 2.75) is 49.7 Å². The number of ether oxygens (including phenoxy) is 1. The molecule has 1 N–H and O–H groups in total. The third kappa shape index (κ3) is 4.84. The number of nitriles is 1. The van der Waals surface area contributed by atoms with E-state index < -0.39 is 34.1 Å². The number of alkyl halides is 2. The maximum Gasteiger partial charge on any atom is 0.387 e. The summed E-state index contributed by atoms with van der Waals surface area (Å²) in [4.78, 5) is 22.1. The zero-order valence-corrected chi connectivity index (χ0v) is 20.3. The second-order valence-electron chi connectivity index (χ2n) is 8.28. The summed E-state index contributed by atoms with van der Waals surface area (Å²) in [5, 5.41) is 16.8. The Morgan fingerprint density at radius 1 is 1.33 bits per heavy atom. The molecule has 2 heterocycles. The second-order valence-corrected chi connectivity index (χ2v) is 11.3. The van der Waals surface area contributed by atoms with Gasteiger partial charge in [0, 0.05) is 22.8 Å². The van der Waals surface area contributed by atoms with Gasteiger partial charge in [-0.05, 0) is 38.0 Å². The van der Waals surface area contributed by atoms with E-state index in [1.54, 1.807) is 6.92 Å². The molecule has 5 rings (SSSR count). The molecule has 1 saturated carbocycles. The first kappa shape index (κ1) is 24.0. The lowest BCUT2D eigenvalue weighted by molar-refractivity contribution is -0.0500. The van der Waals surface area contributed by atoms with E-state index in [1.165, 1.54) is 17.0 Å². The number of sulfone groups is 1. The molecule has 0 saturated heterocycles. The molecular weight excluding hydrogens is 514 g/mol. The Bertz CT molecular complexity index is 1540. The molecule has 0 bridgehead atoms. The van der Waals surface area contributed by atoms with E-state index in [9.17, 15) is 22.0 Å². The molecular formula is C22H18F2N6O4S2. The summed E-state index contributed by atoms with van der Waals surface area (Å²) in [6.07, 6.45) is 5.05. The normalized spacial score (nSPS) is 15.8. The molecule has 2 aliphatic rings. The molecule has 2 aromatic heterocycles. The van der Waals surface area contributed by atoms with E-state index in [2.05, 4.69) is 25.1 Å². The van der Waals surface area contributed by atoms with Crippen LogP contribution in [0.1, 0.15) is 65.0 Å². The van der Waals surface area contributed by atoms with Crippen LogP contribution in [0.15, 0.2) is 40.3 Å². The largest absolute Gasteiger partial charge is 0.435 e. The zero-order chi connectivity index (χ0) is 25.6. The number of benzene rings is 1. The number of halogens is 2. The summed E-state index contributed by atoms with van der Waals surface area (Å²) in [6.45, 7) is -1.55. The molecule has 3 aromatic rings. The molecule has 1 atom stereocenters. The minimum Gasteiger partial charge on any atom is -0.435 e. The number of rotatable bonds is 9. The fourth-order valence-electron chi connectivity index (χ4n) is 3.48. The molecule has 1 amide bonds. The molecule has 36 heavy (non-hydrogen) atoms. The number of carbonyl (C=O) groups excluding carboxylic acids is 1. The van der Waals surface area contributed by atoms with E-state index in [-0.39, 0.29) is 27.7 Å². The summed E-state index contributed by atoms with van der Waals surface area (Å²) < 4.78 is 56.9. The highest BCUT2D eigenvalue weighted by atomic mass is 32.2. The van der Waals surface area contributed by atoms with Crippen molar-refractivity contribution >= 4 is 27.1 Å².